The average Bonchev–Trinajstić information content (AvgIpc) is 2.61. The van der Waals surface area contributed by atoms with Crippen molar-refractivity contribution < 1.29 is 5.11 Å². The van der Waals surface area contributed by atoms with Crippen LogP contribution in [0, 0.1) is 0 Å². The Morgan fingerprint density at radius 1 is 1.00 bits per heavy atom. The maximum absolute atomic E-state index is 9.78. The van der Waals surface area contributed by atoms with Crippen LogP contribution in [0.5, 0.6) is 0 Å². The Hall–Kier alpha value is -0.820. The summed E-state index contributed by atoms with van der Waals surface area (Å²) in [5, 5.41) is 9.78. The Labute approximate surface area is 84.8 Å². The van der Waals surface area contributed by atoms with E-state index in [1.807, 2.05) is 0 Å². The minimum atomic E-state index is -0.183. The van der Waals surface area contributed by atoms with Gasteiger partial charge in [0.1, 0.15) is 0 Å². The van der Waals surface area contributed by atoms with E-state index in [0.717, 1.165) is 12.8 Å². The maximum Gasteiger partial charge on any atom is 0.0796 e. The highest BCUT2D eigenvalue weighted by molar-refractivity contribution is 5.45. The van der Waals surface area contributed by atoms with Crippen LogP contribution in [0.1, 0.15) is 47.6 Å². The Morgan fingerprint density at radius 3 is 2.79 bits per heavy atom. The van der Waals surface area contributed by atoms with Crippen molar-refractivity contribution in [1.29, 1.82) is 0 Å². The summed E-state index contributed by atoms with van der Waals surface area (Å²) >= 11 is 0. The van der Waals surface area contributed by atoms with E-state index in [9.17, 15) is 5.11 Å². The first-order valence-electron chi connectivity index (χ1n) is 5.68. The molecule has 1 nitrogen and oxygen atoms in total. The Morgan fingerprint density at radius 2 is 1.86 bits per heavy atom. The molecule has 0 radical (unpaired) electrons. The molecule has 0 spiro atoms. The fraction of sp³-hybridized carbons (Fsp3) is 0.538. The molecule has 0 saturated heterocycles. The number of benzene rings is 1. The molecule has 1 heteroatoms. The van der Waals surface area contributed by atoms with E-state index < -0.39 is 0 Å². The van der Waals surface area contributed by atoms with E-state index >= 15 is 0 Å². The Kier molecular flexibility index (Phi) is 1.88. The van der Waals surface area contributed by atoms with Gasteiger partial charge in [0.15, 0.2) is 0 Å². The Balaban J connectivity index is 2.15. The summed E-state index contributed by atoms with van der Waals surface area (Å²) in [6, 6.07) is 4.39. The van der Waals surface area contributed by atoms with Gasteiger partial charge in [-0.05, 0) is 60.8 Å². The van der Waals surface area contributed by atoms with E-state index in [1.165, 1.54) is 36.8 Å². The van der Waals surface area contributed by atoms with E-state index in [4.69, 9.17) is 0 Å². The fourth-order valence-electron chi connectivity index (χ4n) is 2.97. The molecule has 2 aliphatic rings. The lowest BCUT2D eigenvalue weighted by Crippen LogP contribution is -2.06. The lowest BCUT2D eigenvalue weighted by atomic mass is 9.86. The highest BCUT2D eigenvalue weighted by atomic mass is 16.3. The van der Waals surface area contributed by atoms with E-state index in [1.54, 1.807) is 11.1 Å². The lowest BCUT2D eigenvalue weighted by molar-refractivity contribution is 0.180. The quantitative estimate of drug-likeness (QED) is 0.663. The van der Waals surface area contributed by atoms with Crippen molar-refractivity contribution in [3.8, 4) is 0 Å². The predicted molar refractivity (Wildman–Crippen MR) is 56.4 cm³/mol. The van der Waals surface area contributed by atoms with Gasteiger partial charge in [0.05, 0.1) is 6.10 Å². The molecule has 2 aliphatic carbocycles. The molecule has 1 unspecified atom stereocenters. The highest BCUT2D eigenvalue weighted by Gasteiger charge is 2.24. The molecule has 14 heavy (non-hydrogen) atoms. The maximum atomic E-state index is 9.78. The molecule has 1 atom stereocenters. The monoisotopic (exact) mass is 188 g/mol. The van der Waals surface area contributed by atoms with Gasteiger partial charge in [-0.3, -0.25) is 0 Å². The standard InChI is InChI=1S/C13H16O/c14-13-8-7-11-10-4-2-1-3-9(10)5-6-12(11)13/h5-6,13-14H,1-4,7-8H2. The largest absolute Gasteiger partial charge is 0.388 e. The molecule has 3 rings (SSSR count). The second kappa shape index (κ2) is 3.09. The number of aliphatic hydroxyl groups is 1. The summed E-state index contributed by atoms with van der Waals surface area (Å²) in [6.45, 7) is 0. The van der Waals surface area contributed by atoms with Crippen LogP contribution in [-0.4, -0.2) is 5.11 Å². The number of hydrogen-bond acceptors (Lipinski definition) is 1. The van der Waals surface area contributed by atoms with E-state index in [2.05, 4.69) is 12.1 Å². The first-order chi connectivity index (χ1) is 6.86. The van der Waals surface area contributed by atoms with Crippen molar-refractivity contribution in [2.75, 3.05) is 0 Å². The van der Waals surface area contributed by atoms with Gasteiger partial charge in [-0.2, -0.15) is 0 Å². The van der Waals surface area contributed by atoms with Gasteiger partial charge in [-0.25, -0.2) is 0 Å². The average molecular weight is 188 g/mol. The second-order valence-corrected chi connectivity index (χ2v) is 4.53. The zero-order chi connectivity index (χ0) is 9.54. The minimum absolute atomic E-state index is 0.183. The van der Waals surface area contributed by atoms with Crippen LogP contribution in [0.25, 0.3) is 0 Å². The third-order valence-corrected chi connectivity index (χ3v) is 3.71. The predicted octanol–water partition coefficient (Wildman–Crippen LogP) is 2.55. The summed E-state index contributed by atoms with van der Waals surface area (Å²) in [6.07, 6.45) is 7.01. The molecule has 0 fully saturated rings. The van der Waals surface area contributed by atoms with Gasteiger partial charge >= 0.3 is 0 Å². The minimum Gasteiger partial charge on any atom is -0.388 e. The number of rotatable bonds is 0. The molecule has 1 aromatic rings. The molecule has 0 saturated carbocycles. The highest BCUT2D eigenvalue weighted by Crippen LogP contribution is 2.37. The zero-order valence-corrected chi connectivity index (χ0v) is 8.42. The first kappa shape index (κ1) is 8.49. The van der Waals surface area contributed by atoms with Crippen LogP contribution in [0.4, 0.5) is 0 Å². The summed E-state index contributed by atoms with van der Waals surface area (Å²) in [4.78, 5) is 0. The van der Waals surface area contributed by atoms with Gasteiger partial charge in [0.2, 0.25) is 0 Å². The van der Waals surface area contributed by atoms with Gasteiger partial charge in [0.25, 0.3) is 0 Å². The number of aliphatic hydroxyl groups excluding tert-OH is 1. The van der Waals surface area contributed by atoms with Crippen LogP contribution in [0.15, 0.2) is 12.1 Å². The van der Waals surface area contributed by atoms with Crippen LogP contribution < -0.4 is 0 Å². The number of aryl methyl sites for hydroxylation is 1. The van der Waals surface area contributed by atoms with Gasteiger partial charge in [-0.1, -0.05) is 12.1 Å². The summed E-state index contributed by atoms with van der Waals surface area (Å²) in [5.74, 6) is 0. The van der Waals surface area contributed by atoms with E-state index in [-0.39, 0.29) is 6.10 Å². The normalized spacial score (nSPS) is 24.5. The Bertz CT molecular complexity index is 368. The van der Waals surface area contributed by atoms with Crippen molar-refractivity contribution >= 4 is 0 Å². The summed E-state index contributed by atoms with van der Waals surface area (Å²) in [5.41, 5.74) is 5.81. The van der Waals surface area contributed by atoms with Crippen LogP contribution >= 0.6 is 0 Å². The zero-order valence-electron chi connectivity index (χ0n) is 8.42. The number of fused-ring (bicyclic) bond motifs is 3. The summed E-state index contributed by atoms with van der Waals surface area (Å²) in [7, 11) is 0. The van der Waals surface area contributed by atoms with Crippen molar-refractivity contribution in [1.82, 2.24) is 0 Å². The van der Waals surface area contributed by atoms with Gasteiger partial charge in [-0.15, -0.1) is 0 Å². The van der Waals surface area contributed by atoms with Crippen LogP contribution in [0.2, 0.25) is 0 Å². The molecular formula is C13H16O. The van der Waals surface area contributed by atoms with Gasteiger partial charge < -0.3 is 5.11 Å². The van der Waals surface area contributed by atoms with Crippen molar-refractivity contribution in [2.45, 2.75) is 44.6 Å². The third kappa shape index (κ3) is 1.12. The smallest absolute Gasteiger partial charge is 0.0796 e. The fourth-order valence-corrected chi connectivity index (χ4v) is 2.97. The molecule has 0 bridgehead atoms. The molecule has 1 aromatic carbocycles. The van der Waals surface area contributed by atoms with E-state index in [0.29, 0.717) is 0 Å². The lowest BCUT2D eigenvalue weighted by Gasteiger charge is -2.19. The molecule has 1 N–H and O–H groups in total. The first-order valence-corrected chi connectivity index (χ1v) is 5.68. The number of hydrogen-bond donors (Lipinski definition) is 1. The third-order valence-electron chi connectivity index (χ3n) is 3.71. The van der Waals surface area contributed by atoms with Crippen molar-refractivity contribution in [3.05, 3.63) is 34.4 Å². The van der Waals surface area contributed by atoms with Crippen molar-refractivity contribution in [3.63, 3.8) is 0 Å². The van der Waals surface area contributed by atoms with Crippen molar-refractivity contribution in [2.24, 2.45) is 0 Å². The molecule has 0 aliphatic heterocycles. The topological polar surface area (TPSA) is 20.2 Å². The SMILES string of the molecule is OC1CCc2c1ccc1c2CCCC1. The van der Waals surface area contributed by atoms with Gasteiger partial charge in [0, 0.05) is 0 Å². The van der Waals surface area contributed by atoms with Crippen LogP contribution in [-0.2, 0) is 19.3 Å². The molecule has 0 amide bonds. The summed E-state index contributed by atoms with van der Waals surface area (Å²) < 4.78 is 0. The molecule has 0 heterocycles. The molecule has 74 valence electrons. The molecular weight excluding hydrogens is 172 g/mol. The second-order valence-electron chi connectivity index (χ2n) is 4.53. The van der Waals surface area contributed by atoms with Crippen LogP contribution in [0.3, 0.4) is 0 Å². The molecule has 0 aromatic heterocycles.